The third-order valence-electron chi connectivity index (χ3n) is 2.98. The Bertz CT molecular complexity index is 299. The van der Waals surface area contributed by atoms with Gasteiger partial charge in [-0.2, -0.15) is 0 Å². The van der Waals surface area contributed by atoms with E-state index in [-0.39, 0.29) is 19.4 Å². The fraction of sp³-hybridized carbons (Fsp3) is 0.917. The molecule has 1 unspecified atom stereocenters. The van der Waals surface area contributed by atoms with Gasteiger partial charge in [-0.25, -0.2) is 0 Å². The molecule has 1 atom stereocenters. The van der Waals surface area contributed by atoms with Crippen molar-refractivity contribution in [2.75, 3.05) is 6.61 Å². The van der Waals surface area contributed by atoms with Crippen LogP contribution in [0.1, 0.15) is 59.3 Å². The summed E-state index contributed by atoms with van der Waals surface area (Å²) in [6.45, 7) is 5.78. The van der Waals surface area contributed by atoms with Crippen LogP contribution in [0, 0.1) is 0 Å². The summed E-state index contributed by atoms with van der Waals surface area (Å²) < 4.78 is 16.7. The zero-order valence-corrected chi connectivity index (χ0v) is 12.4. The molecule has 2 N–H and O–H groups in total. The first-order valence-electron chi connectivity index (χ1n) is 6.58. The molecule has 0 aromatic heterocycles. The van der Waals surface area contributed by atoms with Crippen LogP contribution in [-0.4, -0.2) is 27.5 Å². The van der Waals surface area contributed by atoms with Crippen LogP contribution in [0.15, 0.2) is 0 Å². The molecule has 0 spiro atoms. The Morgan fingerprint density at radius 2 is 1.72 bits per heavy atom. The number of hydrogen-bond acceptors (Lipinski definition) is 3. The topological polar surface area (TPSA) is 83.8 Å². The predicted octanol–water partition coefficient (Wildman–Crippen LogP) is 2.85. The Labute approximate surface area is 109 Å². The zero-order chi connectivity index (χ0) is 14.2. The standard InChI is InChI=1S/C12H25O5P/c1-4-7-9-12(8-5-2,18(14,15)16)11(13)17-10-6-3/h4-10H2,1-3H3,(H2,14,15,16). The monoisotopic (exact) mass is 280 g/mol. The van der Waals surface area contributed by atoms with E-state index in [1.54, 1.807) is 0 Å². The maximum atomic E-state index is 12.1. The lowest BCUT2D eigenvalue weighted by Crippen LogP contribution is -2.40. The lowest BCUT2D eigenvalue weighted by molar-refractivity contribution is -0.148. The minimum Gasteiger partial charge on any atom is -0.465 e. The molecule has 0 aliphatic heterocycles. The number of esters is 1. The summed E-state index contributed by atoms with van der Waals surface area (Å²) >= 11 is 0. The first-order valence-corrected chi connectivity index (χ1v) is 8.19. The summed E-state index contributed by atoms with van der Waals surface area (Å²) in [4.78, 5) is 31.2. The quantitative estimate of drug-likeness (QED) is 0.501. The summed E-state index contributed by atoms with van der Waals surface area (Å²) in [5, 5.41) is -1.65. The van der Waals surface area contributed by atoms with E-state index in [0.717, 1.165) is 6.42 Å². The minimum absolute atomic E-state index is 0.166. The highest BCUT2D eigenvalue weighted by Crippen LogP contribution is 2.56. The van der Waals surface area contributed by atoms with Crippen molar-refractivity contribution in [1.82, 2.24) is 0 Å². The normalized spacial score (nSPS) is 15.2. The molecule has 5 nitrogen and oxygen atoms in total. The maximum Gasteiger partial charge on any atom is 0.342 e. The molecule has 0 aliphatic rings. The van der Waals surface area contributed by atoms with E-state index in [1.807, 2.05) is 20.8 Å². The Morgan fingerprint density at radius 1 is 1.11 bits per heavy atom. The second kappa shape index (κ2) is 7.93. The Morgan fingerprint density at radius 3 is 2.11 bits per heavy atom. The molecule has 0 aromatic carbocycles. The molecular weight excluding hydrogens is 255 g/mol. The molecule has 0 radical (unpaired) electrons. The van der Waals surface area contributed by atoms with Crippen LogP contribution < -0.4 is 0 Å². The number of rotatable bonds is 9. The predicted molar refractivity (Wildman–Crippen MR) is 70.5 cm³/mol. The number of carbonyl (C=O) groups is 1. The van der Waals surface area contributed by atoms with Crippen molar-refractivity contribution in [2.24, 2.45) is 0 Å². The Kier molecular flexibility index (Phi) is 7.76. The van der Waals surface area contributed by atoms with Crippen molar-refractivity contribution >= 4 is 13.6 Å². The molecule has 0 fully saturated rings. The molecule has 0 saturated heterocycles. The van der Waals surface area contributed by atoms with Crippen LogP contribution in [-0.2, 0) is 14.1 Å². The Balaban J connectivity index is 5.18. The third-order valence-corrected chi connectivity index (χ3v) is 4.73. The van der Waals surface area contributed by atoms with Gasteiger partial charge in [-0.05, 0) is 19.3 Å². The summed E-state index contributed by atoms with van der Waals surface area (Å²) in [5.74, 6) is -0.743. The van der Waals surface area contributed by atoms with Gasteiger partial charge in [0.1, 0.15) is 0 Å². The number of carbonyl (C=O) groups excluding carboxylic acids is 1. The van der Waals surface area contributed by atoms with Crippen LogP contribution in [0.4, 0.5) is 0 Å². The highest BCUT2D eigenvalue weighted by molar-refractivity contribution is 7.54. The van der Waals surface area contributed by atoms with E-state index in [1.165, 1.54) is 0 Å². The lowest BCUT2D eigenvalue weighted by atomic mass is 9.96. The van der Waals surface area contributed by atoms with E-state index < -0.39 is 18.7 Å². The van der Waals surface area contributed by atoms with Gasteiger partial charge in [-0.1, -0.05) is 40.0 Å². The fourth-order valence-corrected chi connectivity index (χ4v) is 3.22. The highest BCUT2D eigenvalue weighted by Gasteiger charge is 2.53. The van der Waals surface area contributed by atoms with E-state index in [4.69, 9.17) is 4.74 Å². The van der Waals surface area contributed by atoms with Gasteiger partial charge in [0.15, 0.2) is 5.16 Å². The van der Waals surface area contributed by atoms with Gasteiger partial charge in [0.25, 0.3) is 0 Å². The summed E-state index contributed by atoms with van der Waals surface area (Å²) in [5.41, 5.74) is 0. The van der Waals surface area contributed by atoms with E-state index in [2.05, 4.69) is 0 Å². The lowest BCUT2D eigenvalue weighted by Gasteiger charge is -2.31. The van der Waals surface area contributed by atoms with Gasteiger partial charge in [0.2, 0.25) is 0 Å². The summed E-state index contributed by atoms with van der Waals surface area (Å²) in [6.07, 6.45) is 2.92. The van der Waals surface area contributed by atoms with Gasteiger partial charge in [-0.3, -0.25) is 9.36 Å². The maximum absolute atomic E-state index is 12.1. The summed E-state index contributed by atoms with van der Waals surface area (Å²) in [6, 6.07) is 0. The van der Waals surface area contributed by atoms with Crippen LogP contribution in [0.5, 0.6) is 0 Å². The molecule has 0 amide bonds. The Hall–Kier alpha value is -0.380. The third kappa shape index (κ3) is 4.38. The number of unbranched alkanes of at least 4 members (excludes halogenated alkanes) is 1. The van der Waals surface area contributed by atoms with Crippen molar-refractivity contribution in [3.05, 3.63) is 0 Å². The number of ether oxygens (including phenoxy) is 1. The summed E-state index contributed by atoms with van der Waals surface area (Å²) in [7, 11) is -4.52. The molecule has 18 heavy (non-hydrogen) atoms. The van der Waals surface area contributed by atoms with Crippen LogP contribution >= 0.6 is 7.60 Å². The second-order valence-electron chi connectivity index (χ2n) is 4.57. The largest absolute Gasteiger partial charge is 0.465 e. The van der Waals surface area contributed by atoms with Crippen LogP contribution in [0.25, 0.3) is 0 Å². The molecule has 0 saturated carbocycles. The molecule has 0 rings (SSSR count). The van der Waals surface area contributed by atoms with E-state index in [9.17, 15) is 19.1 Å². The SMILES string of the molecule is CCCCC(CCC)(C(=O)OCCC)P(=O)(O)O. The molecule has 0 bridgehead atoms. The van der Waals surface area contributed by atoms with E-state index >= 15 is 0 Å². The molecule has 0 heterocycles. The molecule has 0 aromatic rings. The van der Waals surface area contributed by atoms with Gasteiger partial charge < -0.3 is 14.5 Å². The first kappa shape index (κ1) is 17.6. The average molecular weight is 280 g/mol. The number of hydrogen-bond donors (Lipinski definition) is 2. The van der Waals surface area contributed by atoms with Crippen molar-refractivity contribution in [3.8, 4) is 0 Å². The van der Waals surface area contributed by atoms with E-state index in [0.29, 0.717) is 19.3 Å². The van der Waals surface area contributed by atoms with Gasteiger partial charge in [0, 0.05) is 0 Å². The van der Waals surface area contributed by atoms with Gasteiger partial charge in [-0.15, -0.1) is 0 Å². The second-order valence-corrected chi connectivity index (χ2v) is 6.51. The first-order chi connectivity index (χ1) is 8.35. The van der Waals surface area contributed by atoms with Crippen molar-refractivity contribution < 1.29 is 23.9 Å². The zero-order valence-electron chi connectivity index (χ0n) is 11.5. The van der Waals surface area contributed by atoms with Gasteiger partial charge >= 0.3 is 13.6 Å². The average Bonchev–Trinajstić information content (AvgIpc) is 2.29. The fourth-order valence-electron chi connectivity index (χ4n) is 1.95. The van der Waals surface area contributed by atoms with Crippen molar-refractivity contribution in [2.45, 2.75) is 64.5 Å². The molecule has 0 aliphatic carbocycles. The highest BCUT2D eigenvalue weighted by atomic mass is 31.2. The van der Waals surface area contributed by atoms with Crippen LogP contribution in [0.3, 0.4) is 0 Å². The minimum atomic E-state index is -4.52. The molecular formula is C12H25O5P. The molecule has 6 heteroatoms. The van der Waals surface area contributed by atoms with Crippen molar-refractivity contribution in [3.63, 3.8) is 0 Å². The molecule has 108 valence electrons. The van der Waals surface area contributed by atoms with Gasteiger partial charge in [0.05, 0.1) is 6.61 Å². The van der Waals surface area contributed by atoms with Crippen molar-refractivity contribution in [1.29, 1.82) is 0 Å². The van der Waals surface area contributed by atoms with Crippen LogP contribution in [0.2, 0.25) is 0 Å². The smallest absolute Gasteiger partial charge is 0.342 e.